The lowest BCUT2D eigenvalue weighted by molar-refractivity contribution is 0.0528. The third kappa shape index (κ3) is 23.5. The van der Waals surface area contributed by atoms with Gasteiger partial charge in [0.25, 0.3) is 0 Å². The van der Waals surface area contributed by atoms with E-state index in [9.17, 15) is 4.79 Å². The van der Waals surface area contributed by atoms with Crippen LogP contribution < -0.4 is 20.5 Å². The van der Waals surface area contributed by atoms with Crippen molar-refractivity contribution < 1.29 is 24.1 Å². The molecule has 0 saturated carbocycles. The first-order valence-electron chi connectivity index (χ1n) is 16.6. The molecular formula is C37H68N4O5. The summed E-state index contributed by atoms with van der Waals surface area (Å²) in [5.41, 5.74) is 7.48. The number of alkyl carbamates (subject to hydrolysis) is 1. The number of nitrogens with two attached hydrogens (primary N) is 1. The Morgan fingerprint density at radius 1 is 0.739 bits per heavy atom. The first kappa shape index (κ1) is 45.3. The van der Waals surface area contributed by atoms with Crippen molar-refractivity contribution in [3.63, 3.8) is 0 Å². The molecule has 0 aromatic heterocycles. The van der Waals surface area contributed by atoms with E-state index in [1.165, 1.54) is 5.56 Å². The van der Waals surface area contributed by atoms with Crippen molar-refractivity contribution in [2.24, 2.45) is 5.73 Å². The molecule has 0 saturated heterocycles. The molecule has 0 spiro atoms. The Labute approximate surface area is 281 Å². The molecule has 2 aromatic carbocycles. The molecule has 2 rings (SSSR count). The first-order chi connectivity index (χ1) is 21.6. The fourth-order valence-corrected chi connectivity index (χ4v) is 4.33. The van der Waals surface area contributed by atoms with Gasteiger partial charge in [-0.2, -0.15) is 0 Å². The molecule has 0 aliphatic heterocycles. The number of hydrogen-bond donors (Lipinski definition) is 3. The third-order valence-electron chi connectivity index (χ3n) is 6.93. The summed E-state index contributed by atoms with van der Waals surface area (Å²) in [6.07, 6.45) is 3.43. The highest BCUT2D eigenvalue weighted by Crippen LogP contribution is 2.14. The molecule has 2 aromatic rings. The number of hydrogen-bond acceptors (Lipinski definition) is 8. The quantitative estimate of drug-likeness (QED) is 0.150. The fourth-order valence-electron chi connectivity index (χ4n) is 4.33. The molecule has 0 fully saturated rings. The number of carbonyl (C=O) groups excluding carboxylic acids is 1. The molecule has 1 amide bonds. The number of benzene rings is 2. The summed E-state index contributed by atoms with van der Waals surface area (Å²) >= 11 is 0. The van der Waals surface area contributed by atoms with E-state index in [0.717, 1.165) is 102 Å². The number of rotatable bonds is 19. The molecule has 0 unspecified atom stereocenters. The van der Waals surface area contributed by atoms with Crippen LogP contribution in [0.1, 0.15) is 79.9 Å². The molecule has 46 heavy (non-hydrogen) atoms. The number of ether oxygens (including phenoxy) is 3. The molecule has 0 aliphatic carbocycles. The predicted molar refractivity (Wildman–Crippen MR) is 194 cm³/mol. The maximum Gasteiger partial charge on any atom is 0.407 e. The van der Waals surface area contributed by atoms with E-state index in [-0.39, 0.29) is 13.5 Å². The van der Waals surface area contributed by atoms with Crippen LogP contribution in [0, 0.1) is 0 Å². The van der Waals surface area contributed by atoms with Crippen molar-refractivity contribution in [3.05, 3.63) is 59.7 Å². The molecule has 4 N–H and O–H groups in total. The van der Waals surface area contributed by atoms with Crippen LogP contribution in [-0.2, 0) is 17.6 Å². The second-order valence-electron chi connectivity index (χ2n) is 11.5. The smallest absolute Gasteiger partial charge is 0.407 e. The lowest BCUT2D eigenvalue weighted by atomic mass is 10.1. The Morgan fingerprint density at radius 2 is 1.13 bits per heavy atom. The van der Waals surface area contributed by atoms with Crippen LogP contribution in [0.2, 0.25) is 0 Å². The van der Waals surface area contributed by atoms with Gasteiger partial charge >= 0.3 is 6.09 Å². The molecule has 0 bridgehead atoms. The van der Waals surface area contributed by atoms with Gasteiger partial charge in [0.15, 0.2) is 0 Å². The van der Waals surface area contributed by atoms with Crippen LogP contribution in [-0.4, -0.2) is 99.3 Å². The monoisotopic (exact) mass is 649 g/mol. The Balaban J connectivity index is 0. The van der Waals surface area contributed by atoms with Crippen LogP contribution in [0.25, 0.3) is 0 Å². The van der Waals surface area contributed by atoms with Gasteiger partial charge in [0.1, 0.15) is 17.1 Å². The Bertz CT molecular complexity index is 957. The molecular weight excluding hydrogens is 580 g/mol. The van der Waals surface area contributed by atoms with E-state index >= 15 is 0 Å². The zero-order valence-corrected chi connectivity index (χ0v) is 29.6. The standard InChI is InChI=1S/C20H34N2O3.C15H26N2O.CH4O.CH4/c1-6-22(7-2)15-8-16-24-18-11-9-17(10-12-18)13-14-21-19(23)25-20(3,4)5;1-3-17(4-2)12-5-13-18-15-8-6-14(7-9-15)10-11-16;1-2;/h9-12H,6-8,13-16H2,1-5H3,(H,21,23);6-9H,3-5,10-13,16H2,1-2H3;2H,1H3;1H4. The minimum absolute atomic E-state index is 0. The van der Waals surface area contributed by atoms with Crippen molar-refractivity contribution in [2.45, 2.75) is 87.2 Å². The number of carbonyl (C=O) groups is 1. The molecule has 0 radical (unpaired) electrons. The van der Waals surface area contributed by atoms with E-state index in [1.54, 1.807) is 0 Å². The maximum atomic E-state index is 11.6. The highest BCUT2D eigenvalue weighted by Gasteiger charge is 2.15. The Hall–Kier alpha value is -2.85. The summed E-state index contributed by atoms with van der Waals surface area (Å²) in [6.45, 7) is 23.7. The average Bonchev–Trinajstić information content (AvgIpc) is 3.03. The van der Waals surface area contributed by atoms with E-state index in [2.05, 4.69) is 54.9 Å². The highest BCUT2D eigenvalue weighted by atomic mass is 16.6. The molecule has 9 heteroatoms. The maximum absolute atomic E-state index is 11.6. The lowest BCUT2D eigenvalue weighted by Gasteiger charge is -2.19. The zero-order valence-electron chi connectivity index (χ0n) is 29.6. The number of amides is 1. The van der Waals surface area contributed by atoms with Gasteiger partial charge in [-0.1, -0.05) is 59.4 Å². The fraction of sp³-hybridized carbons (Fsp3) is 0.649. The minimum Gasteiger partial charge on any atom is -0.494 e. The lowest BCUT2D eigenvalue weighted by Crippen LogP contribution is -2.33. The molecule has 266 valence electrons. The summed E-state index contributed by atoms with van der Waals surface area (Å²) in [4.78, 5) is 16.4. The zero-order chi connectivity index (χ0) is 33.9. The molecule has 0 atom stereocenters. The normalized spacial score (nSPS) is 10.6. The van der Waals surface area contributed by atoms with E-state index in [4.69, 9.17) is 25.1 Å². The third-order valence-corrected chi connectivity index (χ3v) is 6.93. The van der Waals surface area contributed by atoms with E-state index in [0.29, 0.717) is 13.1 Å². The van der Waals surface area contributed by atoms with Crippen molar-refractivity contribution in [1.82, 2.24) is 15.1 Å². The summed E-state index contributed by atoms with van der Waals surface area (Å²) in [6, 6.07) is 16.3. The van der Waals surface area contributed by atoms with E-state index < -0.39 is 5.60 Å². The van der Waals surface area contributed by atoms with Gasteiger partial charge in [0, 0.05) is 26.7 Å². The van der Waals surface area contributed by atoms with Gasteiger partial charge in [-0.25, -0.2) is 4.79 Å². The van der Waals surface area contributed by atoms with Crippen LogP contribution >= 0.6 is 0 Å². The van der Waals surface area contributed by atoms with Crippen molar-refractivity contribution in [2.75, 3.05) is 72.7 Å². The van der Waals surface area contributed by atoms with Crippen LogP contribution in [0.3, 0.4) is 0 Å². The summed E-state index contributed by atoms with van der Waals surface area (Å²) in [5.74, 6) is 1.85. The van der Waals surface area contributed by atoms with E-state index in [1.807, 2.05) is 57.2 Å². The van der Waals surface area contributed by atoms with Gasteiger partial charge in [-0.15, -0.1) is 0 Å². The van der Waals surface area contributed by atoms with Crippen LogP contribution in [0.15, 0.2) is 48.5 Å². The van der Waals surface area contributed by atoms with Gasteiger partial charge in [0.2, 0.25) is 0 Å². The largest absolute Gasteiger partial charge is 0.494 e. The van der Waals surface area contributed by atoms with Gasteiger partial charge in [-0.3, -0.25) is 0 Å². The van der Waals surface area contributed by atoms with Crippen molar-refractivity contribution in [3.8, 4) is 11.5 Å². The summed E-state index contributed by atoms with van der Waals surface area (Å²) < 4.78 is 16.7. The van der Waals surface area contributed by atoms with Gasteiger partial charge in [0.05, 0.1) is 13.2 Å². The SMILES string of the molecule is C.CCN(CC)CCCOc1ccc(CCN)cc1.CCN(CC)CCCOc1ccc(CCNC(=O)OC(C)(C)C)cc1.CO. The molecule has 0 heterocycles. The minimum atomic E-state index is -0.464. The Morgan fingerprint density at radius 3 is 1.48 bits per heavy atom. The van der Waals surface area contributed by atoms with Crippen molar-refractivity contribution in [1.29, 1.82) is 0 Å². The van der Waals surface area contributed by atoms with Crippen LogP contribution in [0.4, 0.5) is 4.79 Å². The van der Waals surface area contributed by atoms with Gasteiger partial charge < -0.3 is 40.2 Å². The second-order valence-corrected chi connectivity index (χ2v) is 11.5. The highest BCUT2D eigenvalue weighted by molar-refractivity contribution is 5.67. The summed E-state index contributed by atoms with van der Waals surface area (Å²) in [7, 11) is 1.00. The second kappa shape index (κ2) is 28.4. The molecule has 0 aliphatic rings. The summed E-state index contributed by atoms with van der Waals surface area (Å²) in [5, 5.41) is 9.77. The Kier molecular flexibility index (Phi) is 27.9. The topological polar surface area (TPSA) is 110 Å². The van der Waals surface area contributed by atoms with Gasteiger partial charge in [-0.05, 0) is 115 Å². The number of nitrogens with zero attached hydrogens (tertiary/aromatic N) is 2. The molecule has 9 nitrogen and oxygen atoms in total. The number of aliphatic hydroxyl groups excluding tert-OH is 1. The van der Waals surface area contributed by atoms with Crippen LogP contribution in [0.5, 0.6) is 11.5 Å². The predicted octanol–water partition coefficient (Wildman–Crippen LogP) is 6.41. The number of nitrogens with one attached hydrogen (secondary N) is 1. The van der Waals surface area contributed by atoms with Crippen molar-refractivity contribution >= 4 is 6.09 Å². The number of aliphatic hydroxyl groups is 1. The average molecular weight is 649 g/mol. The first-order valence-corrected chi connectivity index (χ1v) is 16.6.